The molecule has 0 bridgehead atoms. The van der Waals surface area contributed by atoms with Crippen molar-refractivity contribution in [2.75, 3.05) is 6.54 Å². The van der Waals surface area contributed by atoms with Gasteiger partial charge >= 0.3 is 5.97 Å². The summed E-state index contributed by atoms with van der Waals surface area (Å²) in [6.07, 6.45) is 0. The molecular weight excluding hydrogens is 302 g/mol. The number of H-pyrrole nitrogens is 1. The van der Waals surface area contributed by atoms with Crippen molar-refractivity contribution < 1.29 is 9.53 Å². The first kappa shape index (κ1) is 16.2. The molecule has 1 aromatic heterocycles. The van der Waals surface area contributed by atoms with Crippen molar-refractivity contribution in [2.24, 2.45) is 5.73 Å². The number of nitrogens with zero attached hydrogens (tertiary/aromatic N) is 1. The van der Waals surface area contributed by atoms with E-state index in [0.29, 0.717) is 0 Å². The molecule has 0 radical (unpaired) electrons. The lowest BCUT2D eigenvalue weighted by Gasteiger charge is -2.19. The maximum atomic E-state index is 11.5. The van der Waals surface area contributed by atoms with Crippen molar-refractivity contribution in [3.63, 3.8) is 0 Å². The second-order valence-corrected chi connectivity index (χ2v) is 6.76. The van der Waals surface area contributed by atoms with Gasteiger partial charge in [-0.05, 0) is 28.2 Å². The highest BCUT2D eigenvalue weighted by Crippen LogP contribution is 2.34. The van der Waals surface area contributed by atoms with Gasteiger partial charge in [-0.1, -0.05) is 57.2 Å². The topological polar surface area (TPSA) is 81.0 Å². The summed E-state index contributed by atoms with van der Waals surface area (Å²) in [6.45, 7) is 6.37. The molecule has 3 rings (SSSR count). The quantitative estimate of drug-likeness (QED) is 0.724. The number of aromatic nitrogens is 2. The Bertz CT molecular complexity index is 874. The van der Waals surface area contributed by atoms with E-state index in [1.165, 1.54) is 5.56 Å². The number of carbonyl (C=O) groups is 1. The average molecular weight is 323 g/mol. The summed E-state index contributed by atoms with van der Waals surface area (Å²) >= 11 is 0. The number of aromatic amines is 1. The monoisotopic (exact) mass is 323 g/mol. The van der Waals surface area contributed by atoms with Crippen molar-refractivity contribution in [2.45, 2.75) is 26.2 Å². The molecule has 124 valence electrons. The van der Waals surface area contributed by atoms with Gasteiger partial charge in [0.2, 0.25) is 5.88 Å². The Morgan fingerprint density at radius 2 is 1.88 bits per heavy atom. The van der Waals surface area contributed by atoms with E-state index in [4.69, 9.17) is 10.5 Å². The predicted octanol–water partition coefficient (Wildman–Crippen LogP) is 3.39. The van der Waals surface area contributed by atoms with Crippen LogP contribution in [-0.2, 0) is 10.2 Å². The molecule has 5 heteroatoms. The lowest BCUT2D eigenvalue weighted by Crippen LogP contribution is -2.19. The SMILES string of the molecule is CC(C)(C)c1ccc(-c2cccc3[nH]nc(OC(=O)CN)c23)cc1. The van der Waals surface area contributed by atoms with E-state index in [1.807, 2.05) is 18.2 Å². The Morgan fingerprint density at radius 3 is 2.50 bits per heavy atom. The van der Waals surface area contributed by atoms with Gasteiger partial charge in [-0.2, -0.15) is 0 Å². The number of rotatable bonds is 3. The number of benzene rings is 2. The molecule has 0 atom stereocenters. The number of nitrogens with two attached hydrogens (primary N) is 1. The van der Waals surface area contributed by atoms with Crippen LogP contribution in [0.1, 0.15) is 26.3 Å². The minimum absolute atomic E-state index is 0.0992. The predicted molar refractivity (Wildman–Crippen MR) is 94.9 cm³/mol. The van der Waals surface area contributed by atoms with E-state index >= 15 is 0 Å². The van der Waals surface area contributed by atoms with Crippen LogP contribution >= 0.6 is 0 Å². The standard InChI is InChI=1S/C19H21N3O2/c1-19(2,3)13-9-7-12(8-10-13)14-5-4-6-15-17(14)18(22-21-15)24-16(23)11-20/h4-10H,11,20H2,1-3H3,(H,21,22). The van der Waals surface area contributed by atoms with Crippen LogP contribution in [0.3, 0.4) is 0 Å². The molecule has 3 aromatic rings. The van der Waals surface area contributed by atoms with E-state index in [1.54, 1.807) is 0 Å². The highest BCUT2D eigenvalue weighted by molar-refractivity contribution is 5.99. The van der Waals surface area contributed by atoms with E-state index < -0.39 is 5.97 Å². The first-order chi connectivity index (χ1) is 11.4. The molecule has 0 saturated carbocycles. The third-order valence-electron chi connectivity index (χ3n) is 4.00. The Kier molecular flexibility index (Phi) is 4.11. The van der Waals surface area contributed by atoms with E-state index in [9.17, 15) is 4.79 Å². The largest absolute Gasteiger partial charge is 0.404 e. The maximum Gasteiger partial charge on any atom is 0.326 e. The lowest BCUT2D eigenvalue weighted by molar-refractivity contribution is -0.132. The number of hydrogen-bond acceptors (Lipinski definition) is 4. The minimum atomic E-state index is -0.513. The number of ether oxygens (including phenoxy) is 1. The van der Waals surface area contributed by atoms with Crippen LogP contribution in [0.5, 0.6) is 5.88 Å². The van der Waals surface area contributed by atoms with Crippen molar-refractivity contribution >= 4 is 16.9 Å². The van der Waals surface area contributed by atoms with E-state index in [-0.39, 0.29) is 17.8 Å². The molecule has 0 aliphatic rings. The van der Waals surface area contributed by atoms with Gasteiger partial charge < -0.3 is 10.5 Å². The number of fused-ring (bicyclic) bond motifs is 1. The highest BCUT2D eigenvalue weighted by atomic mass is 16.5. The number of nitrogens with one attached hydrogen (secondary N) is 1. The van der Waals surface area contributed by atoms with Crippen molar-refractivity contribution in [3.8, 4) is 17.0 Å². The molecule has 0 spiro atoms. The Morgan fingerprint density at radius 1 is 1.17 bits per heavy atom. The van der Waals surface area contributed by atoms with Crippen LogP contribution in [0, 0.1) is 0 Å². The second-order valence-electron chi connectivity index (χ2n) is 6.76. The van der Waals surface area contributed by atoms with Crippen molar-refractivity contribution in [3.05, 3.63) is 48.0 Å². The molecule has 0 aliphatic carbocycles. The average Bonchev–Trinajstić information content (AvgIpc) is 2.97. The van der Waals surface area contributed by atoms with Crippen LogP contribution in [0.2, 0.25) is 0 Å². The van der Waals surface area contributed by atoms with Crippen LogP contribution in [0.25, 0.3) is 22.0 Å². The van der Waals surface area contributed by atoms with Gasteiger partial charge in [0.15, 0.2) is 0 Å². The normalized spacial score (nSPS) is 11.7. The minimum Gasteiger partial charge on any atom is -0.404 e. The zero-order valence-electron chi connectivity index (χ0n) is 14.1. The summed E-state index contributed by atoms with van der Waals surface area (Å²) < 4.78 is 5.25. The molecule has 24 heavy (non-hydrogen) atoms. The summed E-state index contributed by atoms with van der Waals surface area (Å²) in [6, 6.07) is 14.2. The maximum absolute atomic E-state index is 11.5. The van der Waals surface area contributed by atoms with Crippen LogP contribution in [-0.4, -0.2) is 22.7 Å². The summed E-state index contributed by atoms with van der Waals surface area (Å²) in [4.78, 5) is 11.5. The van der Waals surface area contributed by atoms with Gasteiger partial charge in [0, 0.05) is 0 Å². The van der Waals surface area contributed by atoms with Gasteiger partial charge in [0.25, 0.3) is 0 Å². The first-order valence-electron chi connectivity index (χ1n) is 7.89. The van der Waals surface area contributed by atoms with Gasteiger partial charge in [0.05, 0.1) is 17.4 Å². The molecule has 0 fully saturated rings. The van der Waals surface area contributed by atoms with Crippen LogP contribution in [0.15, 0.2) is 42.5 Å². The fourth-order valence-electron chi connectivity index (χ4n) is 2.66. The molecule has 0 unspecified atom stereocenters. The van der Waals surface area contributed by atoms with Gasteiger partial charge in [0.1, 0.15) is 0 Å². The third kappa shape index (κ3) is 3.03. The fourth-order valence-corrected chi connectivity index (χ4v) is 2.66. The molecule has 0 aliphatic heterocycles. The molecule has 3 N–H and O–H groups in total. The van der Waals surface area contributed by atoms with Crippen molar-refractivity contribution in [1.29, 1.82) is 0 Å². The first-order valence-corrected chi connectivity index (χ1v) is 7.89. The van der Waals surface area contributed by atoms with E-state index in [2.05, 4.69) is 55.2 Å². The van der Waals surface area contributed by atoms with Gasteiger partial charge in [-0.3, -0.25) is 9.89 Å². The molecule has 0 saturated heterocycles. The van der Waals surface area contributed by atoms with Gasteiger partial charge in [-0.15, -0.1) is 5.10 Å². The Balaban J connectivity index is 2.09. The van der Waals surface area contributed by atoms with Crippen molar-refractivity contribution in [1.82, 2.24) is 10.2 Å². The summed E-state index contributed by atoms with van der Waals surface area (Å²) in [7, 11) is 0. The van der Waals surface area contributed by atoms with Gasteiger partial charge in [-0.25, -0.2) is 0 Å². The lowest BCUT2D eigenvalue weighted by atomic mass is 9.86. The highest BCUT2D eigenvalue weighted by Gasteiger charge is 2.17. The summed E-state index contributed by atoms with van der Waals surface area (Å²) in [5.41, 5.74) is 9.50. The Hall–Kier alpha value is -2.66. The zero-order valence-corrected chi connectivity index (χ0v) is 14.1. The Labute approximate surface area is 140 Å². The number of hydrogen-bond donors (Lipinski definition) is 2. The smallest absolute Gasteiger partial charge is 0.326 e. The third-order valence-corrected chi connectivity index (χ3v) is 4.00. The van der Waals surface area contributed by atoms with Crippen LogP contribution < -0.4 is 10.5 Å². The number of esters is 1. The second kappa shape index (κ2) is 6.09. The van der Waals surface area contributed by atoms with Crippen LogP contribution in [0.4, 0.5) is 0 Å². The zero-order chi connectivity index (χ0) is 17.3. The molecule has 2 aromatic carbocycles. The number of carbonyl (C=O) groups excluding carboxylic acids is 1. The molecular formula is C19H21N3O2. The molecule has 0 amide bonds. The summed E-state index contributed by atoms with van der Waals surface area (Å²) in [5.74, 6) is -0.253. The fraction of sp³-hybridized carbons (Fsp3) is 0.263. The molecule has 1 heterocycles. The van der Waals surface area contributed by atoms with E-state index in [0.717, 1.165) is 22.0 Å². The summed E-state index contributed by atoms with van der Waals surface area (Å²) in [5, 5.41) is 7.78. The molecule has 5 nitrogen and oxygen atoms in total.